The lowest BCUT2D eigenvalue weighted by Gasteiger charge is -2.15. The number of nitrogens with two attached hydrogens (primary N) is 1. The van der Waals surface area contributed by atoms with Gasteiger partial charge in [0.2, 0.25) is 0 Å². The fraction of sp³-hybridized carbons (Fsp3) is 0.100. The summed E-state index contributed by atoms with van der Waals surface area (Å²) in [5.74, 6) is -2.28. The average molecular weight is 399 g/mol. The van der Waals surface area contributed by atoms with Crippen LogP contribution in [-0.4, -0.2) is 14.3 Å². The minimum absolute atomic E-state index is 0.0427. The summed E-state index contributed by atoms with van der Waals surface area (Å²) in [6.45, 7) is 0. The van der Waals surface area contributed by atoms with E-state index < -0.39 is 17.5 Å². The molecule has 9 heteroatoms. The maximum Gasteiger partial charge on any atom is 0.261 e. The smallest absolute Gasteiger partial charge is 0.261 e. The molecule has 0 saturated heterocycles. The molecular formula is C20H16F3N5O. The molecule has 0 bridgehead atoms. The van der Waals surface area contributed by atoms with Crippen molar-refractivity contribution in [2.24, 2.45) is 14.1 Å². The molecule has 148 valence electrons. The molecule has 3 N–H and O–H groups in total. The van der Waals surface area contributed by atoms with Crippen molar-refractivity contribution in [2.45, 2.75) is 0 Å². The summed E-state index contributed by atoms with van der Waals surface area (Å²) >= 11 is 0. The lowest BCUT2D eigenvalue weighted by Crippen LogP contribution is -2.16. The monoisotopic (exact) mass is 399 g/mol. The number of aryl methyl sites for hydroxylation is 2. The predicted octanol–water partition coefficient (Wildman–Crippen LogP) is 3.68. The predicted molar refractivity (Wildman–Crippen MR) is 105 cm³/mol. The number of nitrogens with one attached hydrogen (secondary N) is 1. The van der Waals surface area contributed by atoms with Gasteiger partial charge in [-0.2, -0.15) is 5.10 Å². The van der Waals surface area contributed by atoms with Gasteiger partial charge in [0.1, 0.15) is 23.0 Å². The summed E-state index contributed by atoms with van der Waals surface area (Å²) in [4.78, 5) is 12.4. The van der Waals surface area contributed by atoms with E-state index in [9.17, 15) is 18.0 Å². The molecule has 0 aliphatic carbocycles. The van der Waals surface area contributed by atoms with E-state index in [0.717, 1.165) is 18.2 Å². The first kappa shape index (κ1) is 18.6. The number of benzene rings is 2. The van der Waals surface area contributed by atoms with Crippen LogP contribution < -0.4 is 16.6 Å². The molecule has 2 aromatic heterocycles. The third kappa shape index (κ3) is 3.20. The Morgan fingerprint density at radius 3 is 2.45 bits per heavy atom. The van der Waals surface area contributed by atoms with Gasteiger partial charge in [-0.25, -0.2) is 13.2 Å². The van der Waals surface area contributed by atoms with E-state index in [1.807, 2.05) is 0 Å². The Morgan fingerprint density at radius 2 is 1.72 bits per heavy atom. The first-order valence-corrected chi connectivity index (χ1v) is 8.59. The number of hydrogen-bond donors (Lipinski definition) is 2. The molecule has 29 heavy (non-hydrogen) atoms. The van der Waals surface area contributed by atoms with Crippen LogP contribution in [0.3, 0.4) is 0 Å². The van der Waals surface area contributed by atoms with Crippen molar-refractivity contribution in [1.29, 1.82) is 0 Å². The van der Waals surface area contributed by atoms with Crippen LogP contribution >= 0.6 is 0 Å². The van der Waals surface area contributed by atoms with Crippen LogP contribution in [0.1, 0.15) is 0 Å². The molecule has 2 aromatic carbocycles. The van der Waals surface area contributed by atoms with E-state index >= 15 is 0 Å². The van der Waals surface area contributed by atoms with Crippen molar-refractivity contribution in [3.63, 3.8) is 0 Å². The van der Waals surface area contributed by atoms with Crippen LogP contribution in [0.4, 0.5) is 30.2 Å². The van der Waals surface area contributed by atoms with Crippen LogP contribution in [0.25, 0.3) is 22.0 Å². The summed E-state index contributed by atoms with van der Waals surface area (Å²) in [5.41, 5.74) is 6.85. The number of anilines is 3. The van der Waals surface area contributed by atoms with Gasteiger partial charge < -0.3 is 15.6 Å². The van der Waals surface area contributed by atoms with Crippen LogP contribution in [0.2, 0.25) is 0 Å². The number of fused-ring (bicyclic) bond motifs is 1. The maximum atomic E-state index is 14.2. The lowest BCUT2D eigenvalue weighted by molar-refractivity contribution is 0.586. The topological polar surface area (TPSA) is 77.9 Å². The van der Waals surface area contributed by atoms with Crippen molar-refractivity contribution in [1.82, 2.24) is 14.3 Å². The number of aromatic nitrogens is 3. The van der Waals surface area contributed by atoms with Crippen molar-refractivity contribution < 1.29 is 13.2 Å². The quantitative estimate of drug-likeness (QED) is 0.515. The molecule has 2 heterocycles. The molecule has 0 aliphatic heterocycles. The minimum atomic E-state index is -0.836. The third-order valence-electron chi connectivity index (χ3n) is 4.58. The molecule has 0 unspecified atom stereocenters. The number of pyridine rings is 1. The Labute approximate surface area is 163 Å². The first-order chi connectivity index (χ1) is 13.7. The molecule has 0 spiro atoms. The van der Waals surface area contributed by atoms with E-state index in [4.69, 9.17) is 5.73 Å². The highest BCUT2D eigenvalue weighted by Gasteiger charge is 2.18. The molecule has 4 aromatic rings. The zero-order chi connectivity index (χ0) is 20.9. The summed E-state index contributed by atoms with van der Waals surface area (Å²) in [6.07, 6.45) is 3.14. The van der Waals surface area contributed by atoms with Gasteiger partial charge in [0.25, 0.3) is 5.56 Å². The van der Waals surface area contributed by atoms with Crippen LogP contribution in [0, 0.1) is 17.5 Å². The van der Waals surface area contributed by atoms with E-state index in [1.54, 1.807) is 26.5 Å². The van der Waals surface area contributed by atoms with Gasteiger partial charge in [-0.15, -0.1) is 0 Å². The fourth-order valence-corrected chi connectivity index (χ4v) is 3.20. The van der Waals surface area contributed by atoms with Crippen molar-refractivity contribution >= 4 is 28.0 Å². The molecule has 0 fully saturated rings. The van der Waals surface area contributed by atoms with E-state index in [-0.39, 0.29) is 22.6 Å². The van der Waals surface area contributed by atoms with Crippen molar-refractivity contribution in [3.05, 3.63) is 70.5 Å². The average Bonchev–Trinajstić information content (AvgIpc) is 3.05. The van der Waals surface area contributed by atoms with Crippen LogP contribution in [-0.2, 0) is 14.1 Å². The number of nitrogen functional groups attached to an aromatic ring is 1. The van der Waals surface area contributed by atoms with Crippen molar-refractivity contribution in [3.8, 4) is 11.1 Å². The molecule has 0 aliphatic rings. The molecule has 0 saturated carbocycles. The molecule has 4 rings (SSSR count). The highest BCUT2D eigenvalue weighted by atomic mass is 19.1. The van der Waals surface area contributed by atoms with Crippen LogP contribution in [0.15, 0.2) is 47.5 Å². The zero-order valence-electron chi connectivity index (χ0n) is 15.5. The highest BCUT2D eigenvalue weighted by Crippen LogP contribution is 2.36. The number of nitrogens with zero attached hydrogens (tertiary/aromatic N) is 3. The summed E-state index contributed by atoms with van der Waals surface area (Å²) < 4.78 is 44.4. The Bertz CT molecular complexity index is 1330. The molecular weight excluding hydrogens is 383 g/mol. The molecule has 0 radical (unpaired) electrons. The molecule has 0 atom stereocenters. The SMILES string of the molecule is Cn1cc2c(=O)n(C)cc(-c3cc(N)c(F)cc3Nc3ccc(F)cc3F)c2n1. The van der Waals surface area contributed by atoms with E-state index in [2.05, 4.69) is 10.4 Å². The minimum Gasteiger partial charge on any atom is -0.396 e. The van der Waals surface area contributed by atoms with Crippen molar-refractivity contribution in [2.75, 3.05) is 11.1 Å². The largest absolute Gasteiger partial charge is 0.396 e. The van der Waals surface area contributed by atoms with E-state index in [1.165, 1.54) is 21.4 Å². The Balaban J connectivity index is 1.97. The van der Waals surface area contributed by atoms with Gasteiger partial charge in [0.05, 0.1) is 16.8 Å². The highest BCUT2D eigenvalue weighted by molar-refractivity contribution is 5.97. The fourth-order valence-electron chi connectivity index (χ4n) is 3.20. The van der Waals surface area contributed by atoms with Gasteiger partial charge in [-0.05, 0) is 18.2 Å². The van der Waals surface area contributed by atoms with Gasteiger partial charge in [0, 0.05) is 55.4 Å². The molecule has 6 nitrogen and oxygen atoms in total. The van der Waals surface area contributed by atoms with Gasteiger partial charge in [-0.1, -0.05) is 0 Å². The second-order valence-corrected chi connectivity index (χ2v) is 6.69. The van der Waals surface area contributed by atoms with Gasteiger partial charge in [0.15, 0.2) is 0 Å². The standard InChI is InChI=1S/C20H16F3N5O/c1-27-8-12(19-13(20(27)29)9-28(2)26-19)11-6-16(24)14(22)7-18(11)25-17-4-3-10(21)5-15(17)23/h3-9,25H,24H2,1-2H3. The van der Waals surface area contributed by atoms with E-state index in [0.29, 0.717) is 22.0 Å². The van der Waals surface area contributed by atoms with Gasteiger partial charge in [-0.3, -0.25) is 9.48 Å². The molecule has 0 amide bonds. The lowest BCUT2D eigenvalue weighted by atomic mass is 10.0. The summed E-state index contributed by atoms with van der Waals surface area (Å²) in [7, 11) is 3.26. The normalized spacial score (nSPS) is 11.2. The number of rotatable bonds is 3. The van der Waals surface area contributed by atoms with Crippen LogP contribution in [0.5, 0.6) is 0 Å². The summed E-state index contributed by atoms with van der Waals surface area (Å²) in [6, 6.07) is 5.51. The second kappa shape index (κ2) is 6.69. The number of halogens is 3. The Kier molecular flexibility index (Phi) is 4.30. The Morgan fingerprint density at radius 1 is 0.966 bits per heavy atom. The first-order valence-electron chi connectivity index (χ1n) is 8.59. The maximum absolute atomic E-state index is 14.2. The Hall–Kier alpha value is -3.75. The zero-order valence-corrected chi connectivity index (χ0v) is 15.5. The second-order valence-electron chi connectivity index (χ2n) is 6.69. The number of hydrogen-bond acceptors (Lipinski definition) is 4. The summed E-state index contributed by atoms with van der Waals surface area (Å²) in [5, 5.41) is 7.49. The van der Waals surface area contributed by atoms with Gasteiger partial charge >= 0.3 is 0 Å². The third-order valence-corrected chi connectivity index (χ3v) is 4.58.